The van der Waals surface area contributed by atoms with Crippen LogP contribution in [0.15, 0.2) is 17.9 Å². The zero-order chi connectivity index (χ0) is 17.6. The molecule has 0 spiro atoms. The van der Waals surface area contributed by atoms with Crippen molar-refractivity contribution in [1.82, 2.24) is 4.90 Å². The molecular formula is C14H11Br4NO4. The van der Waals surface area contributed by atoms with Crippen LogP contribution in [0.2, 0.25) is 0 Å². The number of carboxylic acid groups (broad SMARTS) is 1. The third-order valence-corrected chi connectivity index (χ3v) is 8.19. The molecule has 2 amide bonds. The van der Waals surface area contributed by atoms with Crippen molar-refractivity contribution in [3.05, 3.63) is 29.0 Å². The number of amides is 2. The molecule has 0 bridgehead atoms. The predicted octanol–water partition coefficient (Wildman–Crippen LogP) is 4.83. The van der Waals surface area contributed by atoms with Crippen LogP contribution in [0, 0.1) is 5.92 Å². The average molecular weight is 577 g/mol. The van der Waals surface area contributed by atoms with E-state index in [4.69, 9.17) is 0 Å². The molecule has 0 unspecified atom stereocenters. The smallest absolute Gasteiger partial charge is 0.326 e. The Labute approximate surface area is 166 Å². The summed E-state index contributed by atoms with van der Waals surface area (Å²) in [5.41, 5.74) is 0.318. The monoisotopic (exact) mass is 573 g/mol. The largest absolute Gasteiger partial charge is 0.480 e. The lowest BCUT2D eigenvalue weighted by molar-refractivity contribution is -0.142. The van der Waals surface area contributed by atoms with Gasteiger partial charge < -0.3 is 5.11 Å². The molecule has 124 valence electrons. The van der Waals surface area contributed by atoms with Gasteiger partial charge in [0.05, 0.1) is 11.1 Å². The molecule has 23 heavy (non-hydrogen) atoms. The molecule has 2 rings (SSSR count). The van der Waals surface area contributed by atoms with E-state index in [-0.39, 0.29) is 23.5 Å². The summed E-state index contributed by atoms with van der Waals surface area (Å²) in [6.45, 7) is 3.68. The molecule has 1 aliphatic rings. The highest BCUT2D eigenvalue weighted by molar-refractivity contribution is 9.15. The molecule has 1 atom stereocenters. The standard InChI is InChI=1S/C14H11Br4NO4/c1-4(2)3-5(14(22)23)19-12(20)6-7(13(19)21)9(16)11(18)10(17)8(6)15/h4-5H,3H2,1-2H3,(H,22,23)/t5-/m1/s1. The van der Waals surface area contributed by atoms with Crippen LogP contribution in [0.25, 0.3) is 0 Å². The second-order valence-corrected chi connectivity index (χ2v) is 8.64. The number of carbonyl (C=O) groups is 3. The molecule has 0 fully saturated rings. The van der Waals surface area contributed by atoms with Crippen LogP contribution in [-0.4, -0.2) is 33.8 Å². The van der Waals surface area contributed by atoms with Crippen LogP contribution in [0.3, 0.4) is 0 Å². The number of hydrogen-bond acceptors (Lipinski definition) is 3. The van der Waals surface area contributed by atoms with Gasteiger partial charge in [-0.1, -0.05) is 13.8 Å². The van der Waals surface area contributed by atoms with Crippen molar-refractivity contribution in [2.24, 2.45) is 5.92 Å². The zero-order valence-electron chi connectivity index (χ0n) is 12.0. The quantitative estimate of drug-likeness (QED) is 0.317. The van der Waals surface area contributed by atoms with Crippen molar-refractivity contribution in [1.29, 1.82) is 0 Å². The summed E-state index contributed by atoms with van der Waals surface area (Å²) in [6.07, 6.45) is 0.193. The number of aliphatic carboxylic acids is 1. The van der Waals surface area contributed by atoms with Gasteiger partial charge in [0.25, 0.3) is 11.8 Å². The van der Waals surface area contributed by atoms with E-state index in [9.17, 15) is 19.5 Å². The molecule has 0 radical (unpaired) electrons. The third kappa shape index (κ3) is 3.17. The van der Waals surface area contributed by atoms with Crippen LogP contribution in [0.4, 0.5) is 0 Å². The minimum absolute atomic E-state index is 0.0192. The topological polar surface area (TPSA) is 74.7 Å². The van der Waals surface area contributed by atoms with E-state index in [2.05, 4.69) is 63.7 Å². The zero-order valence-corrected chi connectivity index (χ0v) is 18.3. The number of rotatable bonds is 4. The Balaban J connectivity index is 2.64. The molecule has 1 N–H and O–H groups in total. The van der Waals surface area contributed by atoms with E-state index in [0.717, 1.165) is 4.90 Å². The summed E-state index contributed by atoms with van der Waals surface area (Å²) in [5, 5.41) is 9.46. The van der Waals surface area contributed by atoms with E-state index in [1.165, 1.54) is 0 Å². The fraction of sp³-hybridized carbons (Fsp3) is 0.357. The highest BCUT2D eigenvalue weighted by atomic mass is 79.9. The summed E-state index contributed by atoms with van der Waals surface area (Å²) >= 11 is 13.3. The number of benzene rings is 1. The Morgan fingerprint density at radius 1 is 0.957 bits per heavy atom. The SMILES string of the molecule is CC(C)C[C@H](C(=O)O)N1C(=O)c2c(Br)c(Br)c(Br)c(Br)c2C1=O. The number of halogens is 4. The van der Waals surface area contributed by atoms with Gasteiger partial charge in [-0.2, -0.15) is 0 Å². The molecule has 5 nitrogen and oxygen atoms in total. The van der Waals surface area contributed by atoms with E-state index < -0.39 is 23.8 Å². The van der Waals surface area contributed by atoms with Gasteiger partial charge in [-0.25, -0.2) is 4.79 Å². The average Bonchev–Trinajstić information content (AvgIpc) is 2.71. The summed E-state index contributed by atoms with van der Waals surface area (Å²) in [4.78, 5) is 37.9. The van der Waals surface area contributed by atoms with Gasteiger partial charge in [-0.05, 0) is 76.1 Å². The van der Waals surface area contributed by atoms with E-state index in [1.807, 2.05) is 13.8 Å². The summed E-state index contributed by atoms with van der Waals surface area (Å²) in [5.74, 6) is -2.40. The number of fused-ring (bicyclic) bond motifs is 1. The Morgan fingerprint density at radius 3 is 1.65 bits per heavy atom. The highest BCUT2D eigenvalue weighted by Gasteiger charge is 2.46. The molecule has 1 aliphatic heterocycles. The molecule has 0 aliphatic carbocycles. The lowest BCUT2D eigenvalue weighted by Crippen LogP contribution is -2.45. The first-order chi connectivity index (χ1) is 10.6. The van der Waals surface area contributed by atoms with Gasteiger partial charge in [0, 0.05) is 17.9 Å². The van der Waals surface area contributed by atoms with Crippen LogP contribution in [0.5, 0.6) is 0 Å². The van der Waals surface area contributed by atoms with Gasteiger partial charge >= 0.3 is 5.97 Å². The molecular weight excluding hydrogens is 566 g/mol. The van der Waals surface area contributed by atoms with Crippen LogP contribution in [-0.2, 0) is 4.79 Å². The first-order valence-electron chi connectivity index (χ1n) is 6.56. The van der Waals surface area contributed by atoms with Gasteiger partial charge in [0.15, 0.2) is 0 Å². The number of nitrogens with zero attached hydrogens (tertiary/aromatic N) is 1. The maximum Gasteiger partial charge on any atom is 0.326 e. The molecule has 9 heteroatoms. The fourth-order valence-corrected chi connectivity index (χ4v) is 4.87. The number of imide groups is 1. The number of carboxylic acids is 1. The Morgan fingerprint density at radius 2 is 1.35 bits per heavy atom. The Hall–Kier alpha value is -0.250. The molecule has 1 heterocycles. The molecule has 0 saturated carbocycles. The van der Waals surface area contributed by atoms with Crippen molar-refractivity contribution in [2.75, 3.05) is 0 Å². The van der Waals surface area contributed by atoms with Crippen molar-refractivity contribution in [3.8, 4) is 0 Å². The summed E-state index contributed by atoms with van der Waals surface area (Å²) in [7, 11) is 0. The molecule has 0 saturated heterocycles. The first-order valence-corrected chi connectivity index (χ1v) is 9.73. The Bertz CT molecular complexity index is 685. The minimum atomic E-state index is -1.20. The van der Waals surface area contributed by atoms with Gasteiger partial charge in [0.1, 0.15) is 6.04 Å². The normalized spacial score (nSPS) is 15.3. The predicted molar refractivity (Wildman–Crippen MR) is 98.6 cm³/mol. The second kappa shape index (κ2) is 6.93. The van der Waals surface area contributed by atoms with E-state index in [0.29, 0.717) is 17.9 Å². The third-order valence-electron chi connectivity index (χ3n) is 3.42. The fourth-order valence-electron chi connectivity index (χ4n) is 2.41. The van der Waals surface area contributed by atoms with Crippen LogP contribution in [0.1, 0.15) is 41.0 Å². The van der Waals surface area contributed by atoms with Crippen LogP contribution >= 0.6 is 63.7 Å². The summed E-state index contributed by atoms with van der Waals surface area (Å²) < 4.78 is 1.97. The van der Waals surface area contributed by atoms with Gasteiger partial charge in [-0.3, -0.25) is 14.5 Å². The lowest BCUT2D eigenvalue weighted by Gasteiger charge is -2.23. The lowest BCUT2D eigenvalue weighted by atomic mass is 10.0. The van der Waals surface area contributed by atoms with E-state index in [1.54, 1.807) is 0 Å². The molecule has 1 aromatic carbocycles. The molecule has 0 aromatic heterocycles. The highest BCUT2D eigenvalue weighted by Crippen LogP contribution is 2.45. The van der Waals surface area contributed by atoms with Crippen LogP contribution < -0.4 is 0 Å². The Kier molecular flexibility index (Phi) is 5.75. The van der Waals surface area contributed by atoms with Crippen molar-refractivity contribution >= 4 is 81.5 Å². The van der Waals surface area contributed by atoms with Gasteiger partial charge in [0.2, 0.25) is 0 Å². The number of hydrogen-bond donors (Lipinski definition) is 1. The van der Waals surface area contributed by atoms with Gasteiger partial charge in [-0.15, -0.1) is 0 Å². The summed E-state index contributed by atoms with van der Waals surface area (Å²) in [6, 6.07) is -1.20. The maximum atomic E-state index is 12.7. The first kappa shape index (κ1) is 19.1. The minimum Gasteiger partial charge on any atom is -0.480 e. The number of carbonyl (C=O) groups excluding carboxylic acids is 2. The second-order valence-electron chi connectivity index (χ2n) is 5.47. The van der Waals surface area contributed by atoms with E-state index >= 15 is 0 Å². The van der Waals surface area contributed by atoms with Crippen molar-refractivity contribution in [2.45, 2.75) is 26.3 Å². The van der Waals surface area contributed by atoms with Crippen molar-refractivity contribution < 1.29 is 19.5 Å². The molecule has 1 aromatic rings. The maximum absolute atomic E-state index is 12.7. The van der Waals surface area contributed by atoms with Crippen molar-refractivity contribution in [3.63, 3.8) is 0 Å².